The van der Waals surface area contributed by atoms with Gasteiger partial charge in [-0.3, -0.25) is 4.79 Å². The van der Waals surface area contributed by atoms with Gasteiger partial charge < -0.3 is 4.90 Å². The predicted molar refractivity (Wildman–Crippen MR) is 77.5 cm³/mol. The zero-order valence-electron chi connectivity index (χ0n) is 11.2. The van der Waals surface area contributed by atoms with E-state index in [1.54, 1.807) is 23.5 Å². The van der Waals surface area contributed by atoms with Crippen LogP contribution in [-0.2, 0) is 0 Å². The first kappa shape index (κ1) is 13.7. The number of Topliss-reactive ketones (excluding diaryl/α,β-unsaturated/α-hetero) is 1. The van der Waals surface area contributed by atoms with E-state index >= 15 is 0 Å². The van der Waals surface area contributed by atoms with Crippen molar-refractivity contribution in [3.8, 4) is 0 Å². The maximum absolute atomic E-state index is 13.8. The summed E-state index contributed by atoms with van der Waals surface area (Å²) >= 11 is 1.65. The van der Waals surface area contributed by atoms with Gasteiger partial charge in [0.15, 0.2) is 5.78 Å². The molecule has 4 heteroatoms. The number of halogens is 1. The van der Waals surface area contributed by atoms with E-state index in [0.717, 1.165) is 0 Å². The van der Waals surface area contributed by atoms with Crippen LogP contribution in [0.5, 0.6) is 0 Å². The van der Waals surface area contributed by atoms with E-state index in [4.69, 9.17) is 0 Å². The number of thiophene rings is 1. The Hall–Kier alpha value is -1.68. The standard InChI is InChI=1S/C15H16FNOS/c1-10(14-8-5-9-19-14)17(3)13-7-4-6-12(16)15(13)11(2)18/h4-10H,1-3H3. The Kier molecular flexibility index (Phi) is 4.00. The number of benzene rings is 1. The quantitative estimate of drug-likeness (QED) is 0.777. The van der Waals surface area contributed by atoms with Gasteiger partial charge >= 0.3 is 0 Å². The van der Waals surface area contributed by atoms with Crippen LogP contribution in [0.2, 0.25) is 0 Å². The zero-order chi connectivity index (χ0) is 14.0. The van der Waals surface area contributed by atoms with Crippen molar-refractivity contribution in [2.45, 2.75) is 19.9 Å². The average molecular weight is 277 g/mol. The van der Waals surface area contributed by atoms with Crippen molar-refractivity contribution in [3.63, 3.8) is 0 Å². The van der Waals surface area contributed by atoms with Gasteiger partial charge in [-0.25, -0.2) is 4.39 Å². The summed E-state index contributed by atoms with van der Waals surface area (Å²) in [6, 6.07) is 8.86. The van der Waals surface area contributed by atoms with Crippen molar-refractivity contribution in [2.75, 3.05) is 11.9 Å². The van der Waals surface area contributed by atoms with Crippen LogP contribution in [0.3, 0.4) is 0 Å². The molecule has 1 aromatic carbocycles. The predicted octanol–water partition coefficient (Wildman–Crippen LogP) is 4.29. The number of carbonyl (C=O) groups is 1. The van der Waals surface area contributed by atoms with Crippen LogP contribution >= 0.6 is 11.3 Å². The number of hydrogen-bond donors (Lipinski definition) is 0. The first-order valence-corrected chi connectivity index (χ1v) is 6.96. The van der Waals surface area contributed by atoms with Crippen molar-refractivity contribution in [2.24, 2.45) is 0 Å². The van der Waals surface area contributed by atoms with Gasteiger partial charge in [-0.2, -0.15) is 0 Å². The molecule has 2 rings (SSSR count). The Morgan fingerprint density at radius 3 is 2.63 bits per heavy atom. The van der Waals surface area contributed by atoms with Crippen LogP contribution < -0.4 is 4.90 Å². The summed E-state index contributed by atoms with van der Waals surface area (Å²) in [5, 5.41) is 2.01. The fraction of sp³-hybridized carbons (Fsp3) is 0.267. The van der Waals surface area contributed by atoms with Crippen molar-refractivity contribution < 1.29 is 9.18 Å². The minimum atomic E-state index is -0.463. The third kappa shape index (κ3) is 2.68. The molecule has 0 radical (unpaired) electrons. The first-order valence-electron chi connectivity index (χ1n) is 6.08. The van der Waals surface area contributed by atoms with E-state index in [-0.39, 0.29) is 17.4 Å². The molecule has 0 aliphatic carbocycles. The van der Waals surface area contributed by atoms with Gasteiger partial charge in [0.25, 0.3) is 0 Å². The molecule has 1 unspecified atom stereocenters. The number of anilines is 1. The minimum absolute atomic E-state index is 0.0971. The van der Waals surface area contributed by atoms with Crippen LogP contribution in [0.25, 0.3) is 0 Å². The Morgan fingerprint density at radius 1 is 1.32 bits per heavy atom. The lowest BCUT2D eigenvalue weighted by Gasteiger charge is -2.28. The minimum Gasteiger partial charge on any atom is -0.366 e. The van der Waals surface area contributed by atoms with E-state index in [0.29, 0.717) is 5.69 Å². The van der Waals surface area contributed by atoms with E-state index < -0.39 is 5.82 Å². The highest BCUT2D eigenvalue weighted by Crippen LogP contribution is 2.31. The second-order valence-corrected chi connectivity index (χ2v) is 5.47. The molecule has 0 aliphatic heterocycles. The van der Waals surface area contributed by atoms with Gasteiger partial charge in [-0.05, 0) is 37.4 Å². The monoisotopic (exact) mass is 277 g/mol. The summed E-state index contributed by atoms with van der Waals surface area (Å²) in [5.74, 6) is -0.714. The number of ketones is 1. The molecule has 0 saturated carbocycles. The highest BCUT2D eigenvalue weighted by atomic mass is 32.1. The van der Waals surface area contributed by atoms with Gasteiger partial charge in [0, 0.05) is 11.9 Å². The topological polar surface area (TPSA) is 20.3 Å². The molecule has 1 atom stereocenters. The van der Waals surface area contributed by atoms with E-state index in [9.17, 15) is 9.18 Å². The molecular weight excluding hydrogens is 261 g/mol. The van der Waals surface area contributed by atoms with E-state index in [2.05, 4.69) is 0 Å². The SMILES string of the molecule is CC(=O)c1c(F)cccc1N(C)C(C)c1cccs1. The van der Waals surface area contributed by atoms with Crippen LogP contribution in [0.4, 0.5) is 10.1 Å². The largest absolute Gasteiger partial charge is 0.366 e. The molecule has 2 nitrogen and oxygen atoms in total. The third-order valence-corrected chi connectivity index (χ3v) is 4.30. The number of nitrogens with zero attached hydrogens (tertiary/aromatic N) is 1. The van der Waals surface area contributed by atoms with Crippen LogP contribution in [0, 0.1) is 5.82 Å². The zero-order valence-corrected chi connectivity index (χ0v) is 12.0. The molecule has 0 fully saturated rings. The second kappa shape index (κ2) is 5.53. The second-order valence-electron chi connectivity index (χ2n) is 4.49. The van der Waals surface area contributed by atoms with Crippen molar-refractivity contribution in [1.82, 2.24) is 0 Å². The smallest absolute Gasteiger partial charge is 0.164 e. The Labute approximate surface area is 116 Å². The van der Waals surface area contributed by atoms with Crippen LogP contribution in [0.15, 0.2) is 35.7 Å². The van der Waals surface area contributed by atoms with Crippen molar-refractivity contribution in [1.29, 1.82) is 0 Å². The van der Waals surface area contributed by atoms with Crippen molar-refractivity contribution >= 4 is 22.8 Å². The Morgan fingerprint density at radius 2 is 2.05 bits per heavy atom. The molecular formula is C15H16FNOS. The number of carbonyl (C=O) groups excluding carboxylic acids is 1. The molecule has 0 spiro atoms. The fourth-order valence-corrected chi connectivity index (χ4v) is 2.91. The van der Waals surface area contributed by atoms with E-state index in [1.165, 1.54) is 17.9 Å². The summed E-state index contributed by atoms with van der Waals surface area (Å²) < 4.78 is 13.8. The van der Waals surface area contributed by atoms with Gasteiger partial charge in [0.2, 0.25) is 0 Å². The lowest BCUT2D eigenvalue weighted by atomic mass is 10.1. The molecule has 0 aliphatic rings. The highest BCUT2D eigenvalue weighted by Gasteiger charge is 2.20. The average Bonchev–Trinajstić information content (AvgIpc) is 2.90. The molecule has 1 heterocycles. The Bertz CT molecular complexity index is 580. The first-order chi connectivity index (χ1) is 9.02. The molecule has 0 saturated heterocycles. The maximum atomic E-state index is 13.8. The summed E-state index contributed by atoms with van der Waals surface area (Å²) in [5.41, 5.74) is 0.793. The molecule has 1 aromatic heterocycles. The number of hydrogen-bond acceptors (Lipinski definition) is 3. The van der Waals surface area contributed by atoms with Crippen LogP contribution in [0.1, 0.15) is 35.1 Å². The molecule has 0 amide bonds. The van der Waals surface area contributed by atoms with E-state index in [1.807, 2.05) is 36.4 Å². The summed E-state index contributed by atoms with van der Waals surface area (Å²) in [6.07, 6.45) is 0. The summed E-state index contributed by atoms with van der Waals surface area (Å²) in [6.45, 7) is 3.44. The highest BCUT2D eigenvalue weighted by molar-refractivity contribution is 7.10. The van der Waals surface area contributed by atoms with Gasteiger partial charge in [-0.15, -0.1) is 11.3 Å². The Balaban J connectivity index is 2.42. The van der Waals surface area contributed by atoms with Gasteiger partial charge in [0.1, 0.15) is 5.82 Å². The molecule has 100 valence electrons. The third-order valence-electron chi connectivity index (χ3n) is 3.26. The normalized spacial score (nSPS) is 12.2. The van der Waals surface area contributed by atoms with Gasteiger partial charge in [0.05, 0.1) is 17.3 Å². The maximum Gasteiger partial charge on any atom is 0.164 e. The summed E-state index contributed by atoms with van der Waals surface area (Å²) in [7, 11) is 1.88. The molecule has 19 heavy (non-hydrogen) atoms. The van der Waals surface area contributed by atoms with Gasteiger partial charge in [-0.1, -0.05) is 12.1 Å². The lowest BCUT2D eigenvalue weighted by molar-refractivity contribution is 0.101. The molecule has 2 aromatic rings. The molecule has 0 bridgehead atoms. The fourth-order valence-electron chi connectivity index (χ4n) is 2.08. The number of rotatable bonds is 4. The summed E-state index contributed by atoms with van der Waals surface area (Å²) in [4.78, 5) is 14.8. The van der Waals surface area contributed by atoms with Crippen LogP contribution in [-0.4, -0.2) is 12.8 Å². The molecule has 0 N–H and O–H groups in total. The van der Waals surface area contributed by atoms with Crippen molar-refractivity contribution in [3.05, 3.63) is 52.0 Å². The lowest BCUT2D eigenvalue weighted by Crippen LogP contribution is -2.23.